The van der Waals surface area contributed by atoms with E-state index in [0.717, 1.165) is 13.1 Å². The molecule has 1 aliphatic heterocycles. The number of benzene rings is 1. The number of hydrogen-bond acceptors (Lipinski definition) is 5. The third kappa shape index (κ3) is 4.28. The first-order valence-corrected chi connectivity index (χ1v) is 7.82. The van der Waals surface area contributed by atoms with Gasteiger partial charge < -0.3 is 4.74 Å². The zero-order chi connectivity index (χ0) is 13.7. The fraction of sp³-hybridized carbons (Fsp3) is 0.538. The Hall–Kier alpha value is -0.950. The molecule has 19 heavy (non-hydrogen) atoms. The van der Waals surface area contributed by atoms with E-state index in [1.165, 1.54) is 12.7 Å². The number of hydrogen-bond donors (Lipinski definition) is 0. The van der Waals surface area contributed by atoms with Gasteiger partial charge in [-0.15, -0.1) is 0 Å². The van der Waals surface area contributed by atoms with Crippen molar-refractivity contribution in [3.8, 4) is 0 Å². The summed E-state index contributed by atoms with van der Waals surface area (Å²) in [6.45, 7) is 2.53. The molecule has 0 amide bonds. The van der Waals surface area contributed by atoms with Crippen LogP contribution in [0.2, 0.25) is 0 Å². The van der Waals surface area contributed by atoms with Gasteiger partial charge >= 0.3 is 0 Å². The van der Waals surface area contributed by atoms with Crippen LogP contribution in [0, 0.1) is 0 Å². The van der Waals surface area contributed by atoms with Crippen LogP contribution in [-0.4, -0.2) is 52.0 Å². The molecule has 0 spiro atoms. The van der Waals surface area contributed by atoms with Crippen molar-refractivity contribution in [2.24, 2.45) is 0 Å². The van der Waals surface area contributed by atoms with Crippen molar-refractivity contribution >= 4 is 10.1 Å². The van der Waals surface area contributed by atoms with Gasteiger partial charge in [0.2, 0.25) is 0 Å². The van der Waals surface area contributed by atoms with Crippen molar-refractivity contribution in [3.05, 3.63) is 35.9 Å². The third-order valence-electron chi connectivity index (χ3n) is 3.23. The Balaban J connectivity index is 2.04. The van der Waals surface area contributed by atoms with E-state index in [1.54, 1.807) is 0 Å². The maximum atomic E-state index is 11.6. The Morgan fingerprint density at radius 3 is 2.79 bits per heavy atom. The molecule has 2 rings (SSSR count). The molecule has 1 aromatic rings. The molecule has 0 radical (unpaired) electrons. The molecular weight excluding hydrogens is 266 g/mol. The van der Waals surface area contributed by atoms with Gasteiger partial charge in [-0.3, -0.25) is 9.08 Å². The average Bonchev–Trinajstić information content (AvgIpc) is 2.42. The maximum Gasteiger partial charge on any atom is 0.268 e. The highest BCUT2D eigenvalue weighted by atomic mass is 32.2. The van der Waals surface area contributed by atoms with Gasteiger partial charge in [-0.25, -0.2) is 0 Å². The summed E-state index contributed by atoms with van der Waals surface area (Å²) in [6, 6.07) is 9.86. The van der Waals surface area contributed by atoms with Gasteiger partial charge in [0.25, 0.3) is 10.1 Å². The Kier molecular flexibility index (Phi) is 4.93. The summed E-state index contributed by atoms with van der Waals surface area (Å²) in [6.07, 6.45) is 0. The van der Waals surface area contributed by atoms with E-state index in [0.29, 0.717) is 13.2 Å². The molecule has 5 nitrogen and oxygen atoms in total. The van der Waals surface area contributed by atoms with Gasteiger partial charge in [0.1, 0.15) is 0 Å². The number of rotatable bonds is 5. The minimum Gasteiger partial charge on any atom is -0.378 e. The van der Waals surface area contributed by atoms with Gasteiger partial charge in [-0.05, 0) is 5.56 Å². The minimum absolute atomic E-state index is 0.0314. The molecule has 6 heteroatoms. The topological polar surface area (TPSA) is 55.8 Å². The highest BCUT2D eigenvalue weighted by Gasteiger charge is 2.28. The molecule has 0 bridgehead atoms. The first-order valence-electron chi connectivity index (χ1n) is 6.25. The largest absolute Gasteiger partial charge is 0.378 e. The van der Waals surface area contributed by atoms with E-state index >= 15 is 0 Å². The summed E-state index contributed by atoms with van der Waals surface area (Å²) in [7, 11) is -2.27. The van der Waals surface area contributed by atoms with Crippen LogP contribution in [0.5, 0.6) is 0 Å². The number of morpholine rings is 1. The summed E-state index contributed by atoms with van der Waals surface area (Å²) in [5, 5.41) is 0. The van der Waals surface area contributed by atoms with E-state index in [9.17, 15) is 8.42 Å². The lowest BCUT2D eigenvalue weighted by Crippen LogP contribution is -2.48. The molecule has 1 aliphatic rings. The Labute approximate surface area is 114 Å². The van der Waals surface area contributed by atoms with Gasteiger partial charge in [-0.2, -0.15) is 8.42 Å². The molecule has 1 unspecified atom stereocenters. The monoisotopic (exact) mass is 285 g/mol. The normalized spacial score (nSPS) is 21.4. The summed E-state index contributed by atoms with van der Waals surface area (Å²) < 4.78 is 33.0. The second-order valence-electron chi connectivity index (χ2n) is 4.58. The van der Waals surface area contributed by atoms with Crippen LogP contribution in [-0.2, 0) is 25.6 Å². The van der Waals surface area contributed by atoms with Gasteiger partial charge in [0, 0.05) is 19.1 Å². The predicted octanol–water partition coefficient (Wildman–Crippen LogP) is 0.864. The van der Waals surface area contributed by atoms with E-state index < -0.39 is 10.1 Å². The Bertz CT molecular complexity index is 489. The second kappa shape index (κ2) is 6.47. The molecule has 0 saturated carbocycles. The van der Waals surface area contributed by atoms with Gasteiger partial charge in [0.15, 0.2) is 0 Å². The molecule has 1 saturated heterocycles. The second-order valence-corrected chi connectivity index (χ2v) is 6.36. The average molecular weight is 285 g/mol. The van der Waals surface area contributed by atoms with Crippen molar-refractivity contribution in [2.45, 2.75) is 12.6 Å². The van der Waals surface area contributed by atoms with Crippen LogP contribution in [0.4, 0.5) is 0 Å². The first kappa shape index (κ1) is 14.5. The van der Waals surface area contributed by atoms with E-state index in [4.69, 9.17) is 4.74 Å². The standard InChI is InChI=1S/C13H19NO4S/c1-17-19(15,16)11-13-10-18-8-7-14(13)9-12-5-3-2-4-6-12/h2-6,13H,7-11H2,1H3. The predicted molar refractivity (Wildman–Crippen MR) is 72.3 cm³/mol. The van der Waals surface area contributed by atoms with Crippen LogP contribution in [0.25, 0.3) is 0 Å². The SMILES string of the molecule is COS(=O)(=O)CC1COCCN1Cc1ccccc1. The minimum atomic E-state index is -3.47. The molecule has 0 aromatic heterocycles. The molecule has 0 N–H and O–H groups in total. The van der Waals surface area contributed by atoms with Crippen LogP contribution < -0.4 is 0 Å². The molecule has 0 aliphatic carbocycles. The molecule has 1 aromatic carbocycles. The highest BCUT2D eigenvalue weighted by Crippen LogP contribution is 2.14. The lowest BCUT2D eigenvalue weighted by atomic mass is 10.1. The number of ether oxygens (including phenoxy) is 1. The van der Waals surface area contributed by atoms with Crippen molar-refractivity contribution in [1.29, 1.82) is 0 Å². The summed E-state index contributed by atoms with van der Waals surface area (Å²) in [4.78, 5) is 2.13. The molecule has 106 valence electrons. The highest BCUT2D eigenvalue weighted by molar-refractivity contribution is 7.86. The lowest BCUT2D eigenvalue weighted by molar-refractivity contribution is -0.00373. The van der Waals surface area contributed by atoms with E-state index in [-0.39, 0.29) is 11.8 Å². The fourth-order valence-corrected chi connectivity index (χ4v) is 3.09. The van der Waals surface area contributed by atoms with Crippen molar-refractivity contribution in [3.63, 3.8) is 0 Å². The molecule has 1 fully saturated rings. The molecular formula is C13H19NO4S. The van der Waals surface area contributed by atoms with E-state index in [1.807, 2.05) is 30.3 Å². The smallest absolute Gasteiger partial charge is 0.268 e. The van der Waals surface area contributed by atoms with Crippen molar-refractivity contribution < 1.29 is 17.3 Å². The summed E-state index contributed by atoms with van der Waals surface area (Å²) in [5.74, 6) is -0.0314. The first-order chi connectivity index (χ1) is 9.11. The van der Waals surface area contributed by atoms with Crippen molar-refractivity contribution in [2.75, 3.05) is 32.6 Å². The maximum absolute atomic E-state index is 11.6. The van der Waals surface area contributed by atoms with Crippen LogP contribution in [0.3, 0.4) is 0 Å². The Morgan fingerprint density at radius 2 is 2.11 bits per heavy atom. The fourth-order valence-electron chi connectivity index (χ4n) is 2.17. The van der Waals surface area contributed by atoms with Gasteiger partial charge in [-0.1, -0.05) is 30.3 Å². The van der Waals surface area contributed by atoms with Crippen LogP contribution in [0.1, 0.15) is 5.56 Å². The van der Waals surface area contributed by atoms with E-state index in [2.05, 4.69) is 9.08 Å². The zero-order valence-corrected chi connectivity index (χ0v) is 11.8. The lowest BCUT2D eigenvalue weighted by Gasteiger charge is -2.35. The molecule has 1 atom stereocenters. The summed E-state index contributed by atoms with van der Waals surface area (Å²) >= 11 is 0. The third-order valence-corrected chi connectivity index (χ3v) is 4.53. The molecule has 1 heterocycles. The summed E-state index contributed by atoms with van der Waals surface area (Å²) in [5.41, 5.74) is 1.17. The van der Waals surface area contributed by atoms with Crippen molar-refractivity contribution in [1.82, 2.24) is 4.90 Å². The van der Waals surface area contributed by atoms with Crippen LogP contribution >= 0.6 is 0 Å². The van der Waals surface area contributed by atoms with Gasteiger partial charge in [0.05, 0.1) is 26.1 Å². The Morgan fingerprint density at radius 1 is 1.37 bits per heavy atom. The zero-order valence-electron chi connectivity index (χ0n) is 11.0. The van der Waals surface area contributed by atoms with Crippen LogP contribution in [0.15, 0.2) is 30.3 Å². The quantitative estimate of drug-likeness (QED) is 0.751. The number of nitrogens with zero attached hydrogens (tertiary/aromatic N) is 1.